The molecule has 4 rings (SSSR count). The van der Waals surface area contributed by atoms with E-state index < -0.39 is 0 Å². The van der Waals surface area contributed by atoms with Crippen LogP contribution in [0, 0.1) is 12.8 Å². The molecule has 23 heavy (non-hydrogen) atoms. The minimum Gasteiger partial charge on any atom is -0.341 e. The Morgan fingerprint density at radius 3 is 2.70 bits per heavy atom. The number of carbonyl (C=O) groups excluding carboxylic acids is 1. The standard InChI is InChI=1S/C18H24N4O/c1-12-6-9-21(10-7-12)16(23)11-22-18-17(13(2)20-22)15(5-8-19-18)14-3-4-14/h5,8,12,14H,3-4,6-7,9-11H2,1-2H3. The number of pyridine rings is 1. The molecule has 0 unspecified atom stereocenters. The van der Waals surface area contributed by atoms with E-state index in [1.54, 1.807) is 4.68 Å². The summed E-state index contributed by atoms with van der Waals surface area (Å²) in [6.45, 7) is 6.34. The van der Waals surface area contributed by atoms with E-state index >= 15 is 0 Å². The normalized spacial score (nSPS) is 19.5. The Balaban J connectivity index is 1.59. The lowest BCUT2D eigenvalue weighted by atomic mass is 9.99. The molecule has 122 valence electrons. The van der Waals surface area contributed by atoms with Crippen LogP contribution in [0.4, 0.5) is 0 Å². The van der Waals surface area contributed by atoms with Crippen molar-refractivity contribution in [1.29, 1.82) is 0 Å². The molecule has 5 heteroatoms. The first kappa shape index (κ1) is 14.7. The summed E-state index contributed by atoms with van der Waals surface area (Å²) in [5.74, 6) is 1.56. The maximum Gasteiger partial charge on any atom is 0.244 e. The highest BCUT2D eigenvalue weighted by atomic mass is 16.2. The van der Waals surface area contributed by atoms with Gasteiger partial charge in [-0.25, -0.2) is 9.67 Å². The number of nitrogens with zero attached hydrogens (tertiary/aromatic N) is 4. The maximum atomic E-state index is 12.6. The molecule has 1 saturated carbocycles. The second-order valence-corrected chi connectivity index (χ2v) is 7.18. The number of carbonyl (C=O) groups is 1. The van der Waals surface area contributed by atoms with Crippen LogP contribution >= 0.6 is 0 Å². The summed E-state index contributed by atoms with van der Waals surface area (Å²) in [6, 6.07) is 2.12. The van der Waals surface area contributed by atoms with E-state index in [1.165, 1.54) is 18.4 Å². The Morgan fingerprint density at radius 1 is 1.26 bits per heavy atom. The van der Waals surface area contributed by atoms with E-state index in [0.29, 0.717) is 12.5 Å². The Bertz CT molecular complexity index is 739. The van der Waals surface area contributed by atoms with Crippen LogP contribution in [0.25, 0.3) is 11.0 Å². The number of hydrogen-bond donors (Lipinski definition) is 0. The lowest BCUT2D eigenvalue weighted by Crippen LogP contribution is -2.39. The van der Waals surface area contributed by atoms with E-state index in [2.05, 4.69) is 23.1 Å². The van der Waals surface area contributed by atoms with Gasteiger partial charge >= 0.3 is 0 Å². The van der Waals surface area contributed by atoms with Crippen molar-refractivity contribution in [3.05, 3.63) is 23.5 Å². The smallest absolute Gasteiger partial charge is 0.244 e. The number of aromatic nitrogens is 3. The van der Waals surface area contributed by atoms with Gasteiger partial charge in [0.2, 0.25) is 5.91 Å². The predicted octanol–water partition coefficient (Wildman–Crippen LogP) is 2.88. The van der Waals surface area contributed by atoms with Crippen LogP contribution < -0.4 is 0 Å². The molecule has 1 aliphatic carbocycles. The van der Waals surface area contributed by atoms with Gasteiger partial charge in [-0.3, -0.25) is 4.79 Å². The summed E-state index contributed by atoms with van der Waals surface area (Å²) in [7, 11) is 0. The molecule has 1 aliphatic heterocycles. The topological polar surface area (TPSA) is 51.0 Å². The average molecular weight is 312 g/mol. The summed E-state index contributed by atoms with van der Waals surface area (Å²) in [4.78, 5) is 19.1. The van der Waals surface area contributed by atoms with Crippen LogP contribution in [0.1, 0.15) is 49.8 Å². The Morgan fingerprint density at radius 2 is 2.00 bits per heavy atom. The van der Waals surface area contributed by atoms with Crippen molar-refractivity contribution in [3.63, 3.8) is 0 Å². The lowest BCUT2D eigenvalue weighted by molar-refractivity contribution is -0.133. The highest BCUT2D eigenvalue weighted by Crippen LogP contribution is 2.43. The fraction of sp³-hybridized carbons (Fsp3) is 0.611. The van der Waals surface area contributed by atoms with Crippen molar-refractivity contribution >= 4 is 16.9 Å². The quantitative estimate of drug-likeness (QED) is 0.875. The third-order valence-corrected chi connectivity index (χ3v) is 5.28. The molecular formula is C18H24N4O. The van der Waals surface area contributed by atoms with Crippen molar-refractivity contribution in [3.8, 4) is 0 Å². The van der Waals surface area contributed by atoms with Crippen molar-refractivity contribution in [1.82, 2.24) is 19.7 Å². The Labute approximate surface area is 136 Å². The molecule has 1 amide bonds. The largest absolute Gasteiger partial charge is 0.341 e. The van der Waals surface area contributed by atoms with Crippen LogP contribution in [0.2, 0.25) is 0 Å². The zero-order chi connectivity index (χ0) is 16.0. The molecule has 3 heterocycles. The molecule has 5 nitrogen and oxygen atoms in total. The zero-order valence-corrected chi connectivity index (χ0v) is 14.0. The van der Waals surface area contributed by atoms with E-state index in [-0.39, 0.29) is 5.91 Å². The first-order chi connectivity index (χ1) is 11.1. The molecule has 2 aliphatic rings. The van der Waals surface area contributed by atoms with Crippen LogP contribution in [0.5, 0.6) is 0 Å². The number of likely N-dealkylation sites (tertiary alicyclic amines) is 1. The number of piperidine rings is 1. The first-order valence-electron chi connectivity index (χ1n) is 8.73. The van der Waals surface area contributed by atoms with Crippen molar-refractivity contribution in [2.45, 2.75) is 52.0 Å². The molecule has 2 fully saturated rings. The van der Waals surface area contributed by atoms with Crippen LogP contribution in [0.3, 0.4) is 0 Å². The number of rotatable bonds is 3. The molecule has 0 N–H and O–H groups in total. The molecule has 2 aromatic heterocycles. The van der Waals surface area contributed by atoms with Gasteiger partial charge in [0, 0.05) is 24.7 Å². The van der Waals surface area contributed by atoms with E-state index in [4.69, 9.17) is 0 Å². The van der Waals surface area contributed by atoms with Crippen LogP contribution in [0.15, 0.2) is 12.3 Å². The average Bonchev–Trinajstić information content (AvgIpc) is 3.34. The summed E-state index contributed by atoms with van der Waals surface area (Å²) in [6.07, 6.45) is 6.59. The highest BCUT2D eigenvalue weighted by Gasteiger charge is 2.28. The van der Waals surface area contributed by atoms with Gasteiger partial charge in [-0.05, 0) is 56.1 Å². The van der Waals surface area contributed by atoms with E-state index in [9.17, 15) is 4.79 Å². The molecule has 1 saturated heterocycles. The molecule has 2 aromatic rings. The number of aryl methyl sites for hydroxylation is 1. The van der Waals surface area contributed by atoms with Gasteiger partial charge in [-0.1, -0.05) is 6.92 Å². The molecule has 0 atom stereocenters. The minimum absolute atomic E-state index is 0.167. The van der Waals surface area contributed by atoms with Gasteiger partial charge in [0.1, 0.15) is 6.54 Å². The Hall–Kier alpha value is -1.91. The van der Waals surface area contributed by atoms with E-state index in [1.807, 2.05) is 18.0 Å². The van der Waals surface area contributed by atoms with Gasteiger partial charge in [-0.15, -0.1) is 0 Å². The lowest BCUT2D eigenvalue weighted by Gasteiger charge is -2.30. The molecular weight excluding hydrogens is 288 g/mol. The second kappa shape index (κ2) is 5.62. The molecule has 0 aromatic carbocycles. The summed E-state index contributed by atoms with van der Waals surface area (Å²) >= 11 is 0. The number of fused-ring (bicyclic) bond motifs is 1. The Kier molecular flexibility index (Phi) is 3.58. The van der Waals surface area contributed by atoms with Crippen molar-refractivity contribution in [2.24, 2.45) is 5.92 Å². The summed E-state index contributed by atoms with van der Waals surface area (Å²) in [5, 5.41) is 5.78. The van der Waals surface area contributed by atoms with Gasteiger partial charge in [0.25, 0.3) is 0 Å². The zero-order valence-electron chi connectivity index (χ0n) is 14.0. The molecule has 0 spiro atoms. The highest BCUT2D eigenvalue weighted by molar-refractivity contribution is 5.85. The van der Waals surface area contributed by atoms with E-state index in [0.717, 1.165) is 48.6 Å². The predicted molar refractivity (Wildman–Crippen MR) is 89.2 cm³/mol. The number of amides is 1. The van der Waals surface area contributed by atoms with Crippen molar-refractivity contribution in [2.75, 3.05) is 13.1 Å². The monoisotopic (exact) mass is 312 g/mol. The molecule has 0 radical (unpaired) electrons. The SMILES string of the molecule is Cc1nn(CC(=O)N2CCC(C)CC2)c2nccc(C3CC3)c12. The third-order valence-electron chi connectivity index (χ3n) is 5.28. The molecule has 0 bridgehead atoms. The van der Waals surface area contributed by atoms with Gasteiger partial charge < -0.3 is 4.90 Å². The summed E-state index contributed by atoms with van der Waals surface area (Å²) in [5.41, 5.74) is 3.22. The van der Waals surface area contributed by atoms with Gasteiger partial charge in [0.05, 0.1) is 5.69 Å². The van der Waals surface area contributed by atoms with Gasteiger partial charge in [-0.2, -0.15) is 5.10 Å². The first-order valence-corrected chi connectivity index (χ1v) is 8.73. The van der Waals surface area contributed by atoms with Gasteiger partial charge in [0.15, 0.2) is 5.65 Å². The second-order valence-electron chi connectivity index (χ2n) is 7.18. The minimum atomic E-state index is 0.167. The fourth-order valence-corrected chi connectivity index (χ4v) is 3.64. The maximum absolute atomic E-state index is 12.6. The summed E-state index contributed by atoms with van der Waals surface area (Å²) < 4.78 is 1.80. The fourth-order valence-electron chi connectivity index (χ4n) is 3.64. The van der Waals surface area contributed by atoms with Crippen LogP contribution in [-0.4, -0.2) is 38.7 Å². The van der Waals surface area contributed by atoms with Crippen molar-refractivity contribution < 1.29 is 4.79 Å². The number of hydrogen-bond acceptors (Lipinski definition) is 3. The van der Waals surface area contributed by atoms with Crippen LogP contribution in [-0.2, 0) is 11.3 Å². The third kappa shape index (κ3) is 2.73.